The van der Waals surface area contributed by atoms with Gasteiger partial charge in [0.2, 0.25) is 0 Å². The van der Waals surface area contributed by atoms with E-state index in [0.29, 0.717) is 18.1 Å². The van der Waals surface area contributed by atoms with E-state index in [9.17, 15) is 23.1 Å². The highest BCUT2D eigenvalue weighted by Crippen LogP contribution is 2.33. The molecule has 8 heteroatoms. The first-order valence-corrected chi connectivity index (χ1v) is 7.26. The lowest BCUT2D eigenvalue weighted by atomic mass is 10.1. The van der Waals surface area contributed by atoms with E-state index in [2.05, 4.69) is 4.18 Å². The fourth-order valence-corrected chi connectivity index (χ4v) is 2.20. The second-order valence-electron chi connectivity index (χ2n) is 4.57. The van der Waals surface area contributed by atoms with Gasteiger partial charge in [-0.25, -0.2) is 4.79 Å². The third kappa shape index (κ3) is 4.69. The molecule has 0 saturated heterocycles. The van der Waals surface area contributed by atoms with Gasteiger partial charge in [-0.1, -0.05) is 30.3 Å². The second kappa shape index (κ2) is 7.31. The maximum atomic E-state index is 13.0. The van der Waals surface area contributed by atoms with E-state index in [1.165, 1.54) is 18.2 Å². The van der Waals surface area contributed by atoms with Crippen LogP contribution in [0, 0.1) is 0 Å². The summed E-state index contributed by atoms with van der Waals surface area (Å²) in [5.41, 5.74) is -1.25. The molecular formula is C16H11F3O4S. The van der Waals surface area contributed by atoms with E-state index in [1.54, 1.807) is 18.2 Å². The normalized spacial score (nSPS) is 12.0. The van der Waals surface area contributed by atoms with Gasteiger partial charge < -0.3 is 14.4 Å². The lowest BCUT2D eigenvalue weighted by Gasteiger charge is -2.11. The van der Waals surface area contributed by atoms with Crippen LogP contribution in [0.25, 0.3) is 6.08 Å². The number of halogens is 3. The third-order valence-corrected chi connectivity index (χ3v) is 3.48. The van der Waals surface area contributed by atoms with Gasteiger partial charge in [0.1, 0.15) is 5.57 Å². The van der Waals surface area contributed by atoms with Gasteiger partial charge in [-0.05, 0) is 23.8 Å². The van der Waals surface area contributed by atoms with E-state index in [1.807, 2.05) is 0 Å². The van der Waals surface area contributed by atoms with Gasteiger partial charge in [0, 0.05) is 6.07 Å². The first-order chi connectivity index (χ1) is 11.3. The van der Waals surface area contributed by atoms with Crippen molar-refractivity contribution in [2.45, 2.75) is 11.1 Å². The Labute approximate surface area is 139 Å². The van der Waals surface area contributed by atoms with Crippen molar-refractivity contribution in [2.24, 2.45) is 0 Å². The number of rotatable bonds is 4. The molecule has 0 aliphatic carbocycles. The van der Waals surface area contributed by atoms with Crippen molar-refractivity contribution in [3.05, 3.63) is 59.7 Å². The van der Waals surface area contributed by atoms with Gasteiger partial charge in [0.05, 0.1) is 16.9 Å². The quantitative estimate of drug-likeness (QED) is 0.486. The highest BCUT2D eigenvalue weighted by atomic mass is 32.2. The molecule has 0 spiro atoms. The topological polar surface area (TPSA) is 66.8 Å². The van der Waals surface area contributed by atoms with Crippen LogP contribution in [0.4, 0.5) is 13.2 Å². The van der Waals surface area contributed by atoms with Crippen LogP contribution in [0.1, 0.15) is 5.56 Å². The number of carbonyl (C=O) groups is 1. The summed E-state index contributed by atoms with van der Waals surface area (Å²) in [5, 5.41) is 18.5. The lowest BCUT2D eigenvalue weighted by molar-refractivity contribution is -0.140. The monoisotopic (exact) mass is 356 g/mol. The summed E-state index contributed by atoms with van der Waals surface area (Å²) in [7, 11) is 0. The van der Waals surface area contributed by atoms with E-state index in [-0.39, 0.29) is 10.5 Å². The average Bonchev–Trinajstić information content (AvgIpc) is 2.53. The highest BCUT2D eigenvalue weighted by molar-refractivity contribution is 7.95. The zero-order chi connectivity index (χ0) is 17.7. The molecule has 0 heterocycles. The number of hydrogen-bond donors (Lipinski definition) is 2. The van der Waals surface area contributed by atoms with Crippen LogP contribution in [0.3, 0.4) is 0 Å². The zero-order valence-electron chi connectivity index (χ0n) is 11.9. The van der Waals surface area contributed by atoms with E-state index in [0.717, 1.165) is 12.1 Å². The number of alkyl halides is 3. The summed E-state index contributed by atoms with van der Waals surface area (Å²) in [6, 6.07) is 11.0. The second-order valence-corrected chi connectivity index (χ2v) is 5.38. The van der Waals surface area contributed by atoms with Gasteiger partial charge in [0.15, 0.2) is 11.5 Å². The smallest absolute Gasteiger partial charge is 0.423 e. The predicted octanol–water partition coefficient (Wildman–Crippen LogP) is 4.29. The molecule has 2 aromatic carbocycles. The van der Waals surface area contributed by atoms with Crippen LogP contribution in [-0.4, -0.2) is 22.4 Å². The number of carbonyl (C=O) groups excluding carboxylic acids is 1. The maximum Gasteiger partial charge on any atom is 0.423 e. The Morgan fingerprint density at radius 3 is 2.29 bits per heavy atom. The molecule has 4 nitrogen and oxygen atoms in total. The Kier molecular flexibility index (Phi) is 5.40. The molecule has 0 bridgehead atoms. The van der Waals surface area contributed by atoms with Crippen LogP contribution in [0.5, 0.6) is 11.5 Å². The van der Waals surface area contributed by atoms with Crippen LogP contribution in [0.2, 0.25) is 0 Å². The number of phenols is 2. The van der Waals surface area contributed by atoms with E-state index >= 15 is 0 Å². The summed E-state index contributed by atoms with van der Waals surface area (Å²) < 4.78 is 43.7. The van der Waals surface area contributed by atoms with Gasteiger partial charge in [-0.3, -0.25) is 0 Å². The molecule has 2 N–H and O–H groups in total. The van der Waals surface area contributed by atoms with Crippen molar-refractivity contribution >= 4 is 24.1 Å². The molecule has 0 aliphatic heterocycles. The molecule has 0 radical (unpaired) electrons. The molecule has 0 aromatic heterocycles. The number of hydrogen-bond acceptors (Lipinski definition) is 5. The summed E-state index contributed by atoms with van der Waals surface area (Å²) in [4.78, 5) is 11.9. The molecule has 0 atom stereocenters. The number of aromatic hydroxyl groups is 2. The Balaban J connectivity index is 2.17. The SMILES string of the molecule is O=C(OSc1ccc(O)c(O)c1)/C(=C\c1ccccc1)C(F)(F)F. The number of phenolic OH excluding ortho intramolecular Hbond substituents is 2. The van der Waals surface area contributed by atoms with Crippen LogP contribution in [-0.2, 0) is 8.98 Å². The first kappa shape index (κ1) is 17.7. The standard InChI is InChI=1S/C16H11F3O4S/c17-16(18,19)12(8-10-4-2-1-3-5-10)15(22)23-24-11-6-7-13(20)14(21)9-11/h1-9,20-21H/b12-8+. The minimum absolute atomic E-state index is 0.153. The Morgan fingerprint density at radius 2 is 1.71 bits per heavy atom. The van der Waals surface area contributed by atoms with Crippen molar-refractivity contribution in [1.82, 2.24) is 0 Å². The molecule has 0 unspecified atom stereocenters. The molecule has 2 aromatic rings. The Hall–Kier alpha value is -2.61. The van der Waals surface area contributed by atoms with Gasteiger partial charge in [-0.2, -0.15) is 13.2 Å². The highest BCUT2D eigenvalue weighted by Gasteiger charge is 2.40. The Bertz CT molecular complexity index is 758. The fraction of sp³-hybridized carbons (Fsp3) is 0.0625. The van der Waals surface area contributed by atoms with E-state index in [4.69, 9.17) is 5.11 Å². The maximum absolute atomic E-state index is 13.0. The van der Waals surface area contributed by atoms with Crippen molar-refractivity contribution in [1.29, 1.82) is 0 Å². The van der Waals surface area contributed by atoms with Crippen molar-refractivity contribution < 1.29 is 32.4 Å². The minimum atomic E-state index is -4.88. The zero-order valence-corrected chi connectivity index (χ0v) is 12.8. The van der Waals surface area contributed by atoms with Crippen LogP contribution in [0.15, 0.2) is 59.0 Å². The molecule has 126 valence electrons. The van der Waals surface area contributed by atoms with Gasteiger partial charge >= 0.3 is 12.1 Å². The molecule has 0 saturated carbocycles. The summed E-state index contributed by atoms with van der Waals surface area (Å²) in [6.45, 7) is 0. The van der Waals surface area contributed by atoms with E-state index < -0.39 is 29.2 Å². The average molecular weight is 356 g/mol. The van der Waals surface area contributed by atoms with Crippen LogP contribution < -0.4 is 0 Å². The van der Waals surface area contributed by atoms with Crippen molar-refractivity contribution in [3.63, 3.8) is 0 Å². The fourth-order valence-electron chi connectivity index (χ4n) is 1.66. The predicted molar refractivity (Wildman–Crippen MR) is 82.2 cm³/mol. The summed E-state index contributed by atoms with van der Waals surface area (Å²) in [5.74, 6) is -2.44. The van der Waals surface area contributed by atoms with Crippen molar-refractivity contribution in [2.75, 3.05) is 0 Å². The van der Waals surface area contributed by atoms with Gasteiger partial charge in [0.25, 0.3) is 0 Å². The number of benzene rings is 2. The molecule has 0 fully saturated rings. The molecular weight excluding hydrogens is 345 g/mol. The molecule has 2 rings (SSSR count). The largest absolute Gasteiger partial charge is 0.504 e. The Morgan fingerprint density at radius 1 is 1.04 bits per heavy atom. The molecule has 24 heavy (non-hydrogen) atoms. The van der Waals surface area contributed by atoms with Crippen LogP contribution >= 0.6 is 12.0 Å². The molecule has 0 aliphatic rings. The minimum Gasteiger partial charge on any atom is -0.504 e. The first-order valence-electron chi connectivity index (χ1n) is 6.52. The summed E-state index contributed by atoms with van der Waals surface area (Å²) in [6.07, 6.45) is -4.19. The third-order valence-electron chi connectivity index (χ3n) is 2.80. The van der Waals surface area contributed by atoms with Crippen molar-refractivity contribution in [3.8, 4) is 11.5 Å². The lowest BCUT2D eigenvalue weighted by Crippen LogP contribution is -2.20. The molecule has 0 amide bonds. The van der Waals surface area contributed by atoms with Gasteiger partial charge in [-0.15, -0.1) is 0 Å². The summed E-state index contributed by atoms with van der Waals surface area (Å²) >= 11 is 0.345.